The zero-order valence-electron chi connectivity index (χ0n) is 14.1. The molecule has 0 saturated heterocycles. The van der Waals surface area contributed by atoms with Crippen LogP contribution in [0.15, 0.2) is 34.2 Å². The molecule has 0 N–H and O–H groups in total. The molecule has 25 heavy (non-hydrogen) atoms. The quantitative estimate of drug-likeness (QED) is 0.669. The van der Waals surface area contributed by atoms with Gasteiger partial charge < -0.3 is 0 Å². The van der Waals surface area contributed by atoms with Gasteiger partial charge in [-0.3, -0.25) is 9.36 Å². The predicted molar refractivity (Wildman–Crippen MR) is 96.5 cm³/mol. The molecule has 0 atom stereocenters. The van der Waals surface area contributed by atoms with Crippen LogP contribution in [0.4, 0.5) is 0 Å². The first-order valence-electron chi connectivity index (χ1n) is 8.59. The molecule has 3 aromatic rings. The largest absolute Gasteiger partial charge is 0.299 e. The van der Waals surface area contributed by atoms with Crippen molar-refractivity contribution in [1.29, 1.82) is 0 Å². The number of rotatable bonds is 4. The maximum atomic E-state index is 12.5. The average molecular weight is 356 g/mol. The van der Waals surface area contributed by atoms with Gasteiger partial charge >= 0.3 is 0 Å². The van der Waals surface area contributed by atoms with Crippen LogP contribution in [0.2, 0.25) is 0 Å². The summed E-state index contributed by atoms with van der Waals surface area (Å²) in [6.07, 6.45) is 6.02. The van der Waals surface area contributed by atoms with Gasteiger partial charge in [0.2, 0.25) is 5.16 Å². The summed E-state index contributed by atoms with van der Waals surface area (Å²) in [4.78, 5) is 17.1. The zero-order chi connectivity index (χ0) is 17.2. The number of para-hydroxylation sites is 1. The third-order valence-corrected chi connectivity index (χ3v) is 5.72. The first-order valence-corrected chi connectivity index (χ1v) is 9.58. The molecule has 1 aromatic carbocycles. The van der Waals surface area contributed by atoms with Crippen LogP contribution in [0.25, 0.3) is 10.9 Å². The van der Waals surface area contributed by atoms with Crippen molar-refractivity contribution in [2.75, 3.05) is 0 Å². The van der Waals surface area contributed by atoms with E-state index < -0.39 is 0 Å². The molecule has 1 aliphatic carbocycles. The van der Waals surface area contributed by atoms with Crippen LogP contribution in [0.5, 0.6) is 0 Å². The number of hydrogen-bond donors (Lipinski definition) is 0. The molecule has 8 heteroatoms. The van der Waals surface area contributed by atoms with E-state index in [0.717, 1.165) is 29.3 Å². The summed E-state index contributed by atoms with van der Waals surface area (Å²) in [7, 11) is 1.77. The first-order chi connectivity index (χ1) is 12.2. The Morgan fingerprint density at radius 2 is 2.00 bits per heavy atom. The van der Waals surface area contributed by atoms with Crippen molar-refractivity contribution < 1.29 is 0 Å². The number of benzene rings is 1. The third-order valence-electron chi connectivity index (χ3n) is 4.79. The van der Waals surface area contributed by atoms with Crippen molar-refractivity contribution in [2.24, 2.45) is 7.05 Å². The average Bonchev–Trinajstić information content (AvgIpc) is 3.13. The molecule has 4 rings (SSSR count). The van der Waals surface area contributed by atoms with Gasteiger partial charge in [0.15, 0.2) is 0 Å². The Morgan fingerprint density at radius 1 is 1.20 bits per heavy atom. The number of fused-ring (bicyclic) bond motifs is 1. The van der Waals surface area contributed by atoms with E-state index in [9.17, 15) is 4.79 Å². The van der Waals surface area contributed by atoms with Gasteiger partial charge in [0.05, 0.1) is 22.7 Å². The van der Waals surface area contributed by atoms with E-state index in [2.05, 4.69) is 20.5 Å². The maximum Gasteiger partial charge on any atom is 0.261 e. The molecule has 2 heterocycles. The minimum absolute atomic E-state index is 0.0203. The van der Waals surface area contributed by atoms with Crippen LogP contribution >= 0.6 is 11.8 Å². The predicted octanol–water partition coefficient (Wildman–Crippen LogP) is 2.72. The lowest BCUT2D eigenvalue weighted by Crippen LogP contribution is -2.22. The Kier molecular flexibility index (Phi) is 4.52. The van der Waals surface area contributed by atoms with Gasteiger partial charge in [0.25, 0.3) is 5.56 Å². The Labute approximate surface area is 149 Å². The van der Waals surface area contributed by atoms with E-state index in [4.69, 9.17) is 0 Å². The summed E-state index contributed by atoms with van der Waals surface area (Å²) in [6.45, 7) is 0. The van der Waals surface area contributed by atoms with Crippen LogP contribution in [-0.2, 0) is 12.8 Å². The fourth-order valence-corrected chi connectivity index (χ4v) is 4.29. The second-order valence-electron chi connectivity index (χ2n) is 6.40. The fourth-order valence-electron chi connectivity index (χ4n) is 3.36. The Balaban J connectivity index is 1.58. The summed E-state index contributed by atoms with van der Waals surface area (Å²) in [5.41, 5.74) is 0.709. The van der Waals surface area contributed by atoms with Crippen LogP contribution < -0.4 is 5.56 Å². The lowest BCUT2D eigenvalue weighted by Gasteiger charge is -2.22. The summed E-state index contributed by atoms with van der Waals surface area (Å²) >= 11 is 1.54. The van der Waals surface area contributed by atoms with Gasteiger partial charge in [-0.05, 0) is 35.4 Å². The summed E-state index contributed by atoms with van der Waals surface area (Å²) in [5, 5.41) is 13.7. The lowest BCUT2D eigenvalue weighted by atomic mass is 9.96. The Bertz CT molecular complexity index is 944. The van der Waals surface area contributed by atoms with E-state index in [0.29, 0.717) is 17.2 Å². The van der Waals surface area contributed by atoms with Crippen LogP contribution in [0.3, 0.4) is 0 Å². The first kappa shape index (κ1) is 16.3. The van der Waals surface area contributed by atoms with Crippen molar-refractivity contribution in [3.05, 3.63) is 40.4 Å². The maximum absolute atomic E-state index is 12.5. The summed E-state index contributed by atoms with van der Waals surface area (Å²) in [6, 6.07) is 7.83. The van der Waals surface area contributed by atoms with Crippen molar-refractivity contribution in [3.8, 4) is 0 Å². The van der Waals surface area contributed by atoms with Crippen molar-refractivity contribution >= 4 is 22.7 Å². The number of aromatic nitrogens is 6. The molecule has 0 unspecified atom stereocenters. The molecule has 7 nitrogen and oxygen atoms in total. The van der Waals surface area contributed by atoms with E-state index >= 15 is 0 Å². The van der Waals surface area contributed by atoms with E-state index in [1.54, 1.807) is 11.6 Å². The molecule has 0 radical (unpaired) electrons. The molecule has 2 aromatic heterocycles. The highest BCUT2D eigenvalue weighted by molar-refractivity contribution is 7.98. The topological polar surface area (TPSA) is 78.5 Å². The second kappa shape index (κ2) is 6.95. The highest BCUT2D eigenvalue weighted by Crippen LogP contribution is 2.30. The Hall–Kier alpha value is -2.22. The van der Waals surface area contributed by atoms with Crippen LogP contribution in [0, 0.1) is 0 Å². The SMILES string of the molecule is Cn1c(CSc2nnnn2C2CCCCC2)nc2ccccc2c1=O. The Morgan fingerprint density at radius 3 is 2.84 bits per heavy atom. The second-order valence-corrected chi connectivity index (χ2v) is 7.34. The van der Waals surface area contributed by atoms with E-state index in [1.807, 2.05) is 28.9 Å². The molecule has 0 amide bonds. The van der Waals surface area contributed by atoms with E-state index in [-0.39, 0.29) is 5.56 Å². The molecule has 0 spiro atoms. The highest BCUT2D eigenvalue weighted by Gasteiger charge is 2.20. The van der Waals surface area contributed by atoms with Gasteiger partial charge in [-0.2, -0.15) is 0 Å². The van der Waals surface area contributed by atoms with Crippen molar-refractivity contribution in [3.63, 3.8) is 0 Å². The van der Waals surface area contributed by atoms with Crippen LogP contribution in [-0.4, -0.2) is 29.8 Å². The van der Waals surface area contributed by atoms with Crippen LogP contribution in [0.1, 0.15) is 44.0 Å². The zero-order valence-corrected chi connectivity index (χ0v) is 14.9. The smallest absolute Gasteiger partial charge is 0.261 e. The molecular formula is C17H20N6OS. The minimum atomic E-state index is -0.0203. The van der Waals surface area contributed by atoms with Gasteiger partial charge in [-0.15, -0.1) is 5.10 Å². The van der Waals surface area contributed by atoms with E-state index in [1.165, 1.54) is 31.0 Å². The number of tetrazole rings is 1. The molecular weight excluding hydrogens is 336 g/mol. The fraction of sp³-hybridized carbons (Fsp3) is 0.471. The van der Waals surface area contributed by atoms with Crippen molar-refractivity contribution in [1.82, 2.24) is 29.8 Å². The van der Waals surface area contributed by atoms with Gasteiger partial charge in [-0.25, -0.2) is 9.67 Å². The summed E-state index contributed by atoms with van der Waals surface area (Å²) in [5.74, 6) is 1.29. The monoisotopic (exact) mass is 356 g/mol. The highest BCUT2D eigenvalue weighted by atomic mass is 32.2. The summed E-state index contributed by atoms with van der Waals surface area (Å²) < 4.78 is 3.56. The molecule has 0 aliphatic heterocycles. The number of nitrogens with zero attached hydrogens (tertiary/aromatic N) is 6. The minimum Gasteiger partial charge on any atom is -0.299 e. The number of thioether (sulfide) groups is 1. The molecule has 1 saturated carbocycles. The number of hydrogen-bond acceptors (Lipinski definition) is 6. The third kappa shape index (κ3) is 3.18. The molecule has 130 valence electrons. The van der Waals surface area contributed by atoms with Gasteiger partial charge in [-0.1, -0.05) is 43.2 Å². The van der Waals surface area contributed by atoms with Gasteiger partial charge in [0, 0.05) is 7.05 Å². The lowest BCUT2D eigenvalue weighted by molar-refractivity contribution is 0.307. The molecule has 0 bridgehead atoms. The van der Waals surface area contributed by atoms with Gasteiger partial charge in [0.1, 0.15) is 5.82 Å². The molecule has 1 aliphatic rings. The van der Waals surface area contributed by atoms with Crippen molar-refractivity contribution in [2.45, 2.75) is 49.1 Å². The standard InChI is InChI=1S/C17H20N6OS/c1-22-15(18-14-10-6-5-9-13(14)16(22)24)11-25-17-19-20-21-23(17)12-7-3-2-4-8-12/h5-6,9-10,12H,2-4,7-8,11H2,1H3. The molecule has 1 fully saturated rings. The normalized spacial score (nSPS) is 15.7.